The van der Waals surface area contributed by atoms with E-state index in [-0.39, 0.29) is 5.41 Å². The summed E-state index contributed by atoms with van der Waals surface area (Å²) < 4.78 is 0. The fourth-order valence-corrected chi connectivity index (χ4v) is 2.68. The van der Waals surface area contributed by atoms with Crippen LogP contribution < -0.4 is 10.2 Å². The van der Waals surface area contributed by atoms with Gasteiger partial charge in [-0.05, 0) is 42.9 Å². The Balaban J connectivity index is 1.90. The Morgan fingerprint density at radius 1 is 1.25 bits per heavy atom. The molecule has 0 bridgehead atoms. The summed E-state index contributed by atoms with van der Waals surface area (Å²) in [7, 11) is 0. The largest absolute Gasteiger partial charge is 0.357 e. The van der Waals surface area contributed by atoms with Gasteiger partial charge in [0.1, 0.15) is 5.82 Å². The molecule has 0 atom stereocenters. The first-order valence-corrected chi connectivity index (χ1v) is 7.95. The molecule has 0 unspecified atom stereocenters. The molecule has 1 saturated heterocycles. The third-order valence-electron chi connectivity index (χ3n) is 4.12. The van der Waals surface area contributed by atoms with Crippen molar-refractivity contribution in [2.24, 2.45) is 0 Å². The summed E-state index contributed by atoms with van der Waals surface area (Å²) in [6.07, 6.45) is 5.71. The second kappa shape index (κ2) is 6.57. The third kappa shape index (κ3) is 3.95. The van der Waals surface area contributed by atoms with Crippen LogP contribution in [0.1, 0.15) is 52.5 Å². The summed E-state index contributed by atoms with van der Waals surface area (Å²) in [4.78, 5) is 7.07. The van der Waals surface area contributed by atoms with E-state index >= 15 is 0 Å². The monoisotopic (exact) mass is 275 g/mol. The van der Waals surface area contributed by atoms with Gasteiger partial charge >= 0.3 is 0 Å². The number of nitrogens with one attached hydrogen (secondary N) is 1. The van der Waals surface area contributed by atoms with Crippen molar-refractivity contribution in [3.05, 3.63) is 23.9 Å². The molecule has 1 N–H and O–H groups in total. The highest BCUT2D eigenvalue weighted by atomic mass is 15.2. The topological polar surface area (TPSA) is 28.2 Å². The van der Waals surface area contributed by atoms with Crippen LogP contribution in [-0.2, 0) is 5.41 Å². The van der Waals surface area contributed by atoms with Crippen molar-refractivity contribution in [2.75, 3.05) is 24.5 Å². The summed E-state index contributed by atoms with van der Waals surface area (Å²) in [5.74, 6) is 1.13. The van der Waals surface area contributed by atoms with E-state index in [1.807, 2.05) is 6.20 Å². The highest BCUT2D eigenvalue weighted by Gasteiger charge is 2.20. The minimum absolute atomic E-state index is 0.183. The van der Waals surface area contributed by atoms with E-state index in [1.54, 1.807) is 0 Å². The lowest BCUT2D eigenvalue weighted by Gasteiger charge is -2.33. The maximum atomic E-state index is 4.66. The van der Waals surface area contributed by atoms with Crippen LogP contribution in [0, 0.1) is 0 Å². The molecule has 1 aliphatic rings. The summed E-state index contributed by atoms with van der Waals surface area (Å²) in [5.41, 5.74) is 1.49. The van der Waals surface area contributed by atoms with Gasteiger partial charge in [-0.3, -0.25) is 0 Å². The van der Waals surface area contributed by atoms with E-state index in [2.05, 4.69) is 55.0 Å². The van der Waals surface area contributed by atoms with Gasteiger partial charge in [0.2, 0.25) is 0 Å². The van der Waals surface area contributed by atoms with E-state index in [1.165, 1.54) is 24.8 Å². The van der Waals surface area contributed by atoms with Gasteiger partial charge in [0.15, 0.2) is 0 Å². The van der Waals surface area contributed by atoms with Gasteiger partial charge in [-0.2, -0.15) is 0 Å². The van der Waals surface area contributed by atoms with Crippen LogP contribution in [0.3, 0.4) is 0 Å². The van der Waals surface area contributed by atoms with Gasteiger partial charge in [0.25, 0.3) is 0 Å². The molecule has 1 aromatic rings. The molecule has 0 saturated carbocycles. The molecule has 3 heteroatoms. The number of nitrogens with zero attached hydrogens (tertiary/aromatic N) is 2. The molecule has 20 heavy (non-hydrogen) atoms. The molecule has 2 heterocycles. The van der Waals surface area contributed by atoms with Crippen molar-refractivity contribution >= 4 is 5.82 Å². The van der Waals surface area contributed by atoms with Gasteiger partial charge in [-0.1, -0.05) is 33.8 Å². The zero-order chi connectivity index (χ0) is 14.6. The van der Waals surface area contributed by atoms with E-state index < -0.39 is 0 Å². The molecular weight excluding hydrogens is 246 g/mol. The average Bonchev–Trinajstić information content (AvgIpc) is 2.45. The predicted octanol–water partition coefficient (Wildman–Crippen LogP) is 3.35. The summed E-state index contributed by atoms with van der Waals surface area (Å²) in [6.45, 7) is 12.3. The van der Waals surface area contributed by atoms with E-state index in [4.69, 9.17) is 0 Å². The van der Waals surface area contributed by atoms with Crippen LogP contribution in [0.4, 0.5) is 5.82 Å². The molecular formula is C17H29N3. The third-order valence-corrected chi connectivity index (χ3v) is 4.12. The first kappa shape index (κ1) is 15.3. The quantitative estimate of drug-likeness (QED) is 0.913. The lowest BCUT2D eigenvalue weighted by atomic mass is 9.88. The van der Waals surface area contributed by atoms with Gasteiger partial charge in [-0.25, -0.2) is 4.98 Å². The number of pyridine rings is 1. The lowest BCUT2D eigenvalue weighted by molar-refractivity contribution is 0.414. The van der Waals surface area contributed by atoms with Crippen molar-refractivity contribution in [3.63, 3.8) is 0 Å². The molecule has 0 radical (unpaired) electrons. The summed E-state index contributed by atoms with van der Waals surface area (Å²) in [5, 5.41) is 3.63. The van der Waals surface area contributed by atoms with E-state index in [9.17, 15) is 0 Å². The zero-order valence-corrected chi connectivity index (χ0v) is 13.4. The van der Waals surface area contributed by atoms with Crippen molar-refractivity contribution < 1.29 is 0 Å². The van der Waals surface area contributed by atoms with Crippen LogP contribution in [0.2, 0.25) is 0 Å². The standard InChI is InChI=1S/C17H29N3/c1-5-10-18-15-8-11-20(12-9-15)16-7-6-14(13-19-16)17(2,3)4/h6-7,13,15,18H,5,8-12H2,1-4H3. The van der Waals surface area contributed by atoms with Crippen LogP contribution in [0.15, 0.2) is 18.3 Å². The Labute approximate surface area is 123 Å². The van der Waals surface area contributed by atoms with Crippen molar-refractivity contribution in [2.45, 2.75) is 58.4 Å². The molecule has 3 nitrogen and oxygen atoms in total. The van der Waals surface area contributed by atoms with Gasteiger partial charge in [0, 0.05) is 25.3 Å². The smallest absolute Gasteiger partial charge is 0.128 e. The first-order chi connectivity index (χ1) is 9.50. The van der Waals surface area contributed by atoms with Crippen molar-refractivity contribution in [3.8, 4) is 0 Å². The molecule has 0 amide bonds. The van der Waals surface area contributed by atoms with Crippen LogP contribution in [0.5, 0.6) is 0 Å². The SMILES string of the molecule is CCCNC1CCN(c2ccc(C(C)(C)C)cn2)CC1. The highest BCUT2D eigenvalue weighted by molar-refractivity contribution is 5.41. The molecule has 1 fully saturated rings. The van der Waals surface area contributed by atoms with Crippen LogP contribution >= 0.6 is 0 Å². The normalized spacial score (nSPS) is 17.5. The van der Waals surface area contributed by atoms with Crippen molar-refractivity contribution in [1.82, 2.24) is 10.3 Å². The van der Waals surface area contributed by atoms with Gasteiger partial charge in [-0.15, -0.1) is 0 Å². The number of hydrogen-bond acceptors (Lipinski definition) is 3. The highest BCUT2D eigenvalue weighted by Crippen LogP contribution is 2.24. The van der Waals surface area contributed by atoms with Crippen molar-refractivity contribution in [1.29, 1.82) is 0 Å². The minimum atomic E-state index is 0.183. The number of rotatable bonds is 4. The zero-order valence-electron chi connectivity index (χ0n) is 13.4. The second-order valence-corrected chi connectivity index (χ2v) is 6.87. The molecule has 0 spiro atoms. The molecule has 1 aromatic heterocycles. The second-order valence-electron chi connectivity index (χ2n) is 6.87. The minimum Gasteiger partial charge on any atom is -0.357 e. The molecule has 112 valence electrons. The van der Waals surface area contributed by atoms with Gasteiger partial charge < -0.3 is 10.2 Å². The number of hydrogen-bond donors (Lipinski definition) is 1. The number of anilines is 1. The first-order valence-electron chi connectivity index (χ1n) is 7.95. The molecule has 0 aromatic carbocycles. The van der Waals surface area contributed by atoms with E-state index in [0.29, 0.717) is 6.04 Å². The molecule has 2 rings (SSSR count). The predicted molar refractivity (Wildman–Crippen MR) is 86.5 cm³/mol. The maximum absolute atomic E-state index is 4.66. The number of piperidine rings is 1. The average molecular weight is 275 g/mol. The Hall–Kier alpha value is -1.09. The van der Waals surface area contributed by atoms with Crippen LogP contribution in [-0.4, -0.2) is 30.7 Å². The summed E-state index contributed by atoms with van der Waals surface area (Å²) >= 11 is 0. The maximum Gasteiger partial charge on any atom is 0.128 e. The summed E-state index contributed by atoms with van der Waals surface area (Å²) in [6, 6.07) is 5.10. The van der Waals surface area contributed by atoms with Crippen LogP contribution in [0.25, 0.3) is 0 Å². The molecule has 0 aliphatic carbocycles. The van der Waals surface area contributed by atoms with Gasteiger partial charge in [0.05, 0.1) is 0 Å². The fraction of sp³-hybridized carbons (Fsp3) is 0.706. The lowest BCUT2D eigenvalue weighted by Crippen LogP contribution is -2.43. The Morgan fingerprint density at radius 3 is 2.45 bits per heavy atom. The fourth-order valence-electron chi connectivity index (χ4n) is 2.68. The molecule has 1 aliphatic heterocycles. The number of aromatic nitrogens is 1. The van der Waals surface area contributed by atoms with E-state index in [0.717, 1.165) is 25.5 Å². The Kier molecular flexibility index (Phi) is 5.03. The Morgan fingerprint density at radius 2 is 1.95 bits per heavy atom. The Bertz CT molecular complexity index is 397.